The van der Waals surface area contributed by atoms with Crippen molar-refractivity contribution in [2.45, 2.75) is 26.7 Å². The van der Waals surface area contributed by atoms with Crippen molar-refractivity contribution >= 4 is 11.6 Å². The highest BCUT2D eigenvalue weighted by atomic mass is 19.2. The second-order valence-electron chi connectivity index (χ2n) is 4.68. The Morgan fingerprint density at radius 2 is 1.95 bits per heavy atom. The Bertz CT molecular complexity index is 663. The Balaban J connectivity index is 2.01. The minimum absolute atomic E-state index is 0.0830. The standard InChI is InChI=1S/C14H14F3N3O/c1-7-9(8(2)20-19-7)3-6-12(21)18-11-5-4-10(15)13(16)14(11)17/h4-5H,3,6H2,1-2H3,(H,18,21)(H,19,20). The molecule has 1 aromatic heterocycles. The number of nitrogens with one attached hydrogen (secondary N) is 2. The number of rotatable bonds is 4. The maximum absolute atomic E-state index is 13.4. The van der Waals surface area contributed by atoms with Gasteiger partial charge in [0.1, 0.15) is 0 Å². The van der Waals surface area contributed by atoms with Crippen LogP contribution in [0.2, 0.25) is 0 Å². The van der Waals surface area contributed by atoms with Crippen LogP contribution in [-0.2, 0) is 11.2 Å². The summed E-state index contributed by atoms with van der Waals surface area (Å²) in [5.41, 5.74) is 2.19. The average Bonchev–Trinajstić information content (AvgIpc) is 2.76. The third-order valence-corrected chi connectivity index (χ3v) is 3.19. The number of anilines is 1. The van der Waals surface area contributed by atoms with Gasteiger partial charge in [0.2, 0.25) is 5.91 Å². The summed E-state index contributed by atoms with van der Waals surface area (Å²) in [5, 5.41) is 9.03. The van der Waals surface area contributed by atoms with Crippen LogP contribution in [0.4, 0.5) is 18.9 Å². The third-order valence-electron chi connectivity index (χ3n) is 3.19. The number of carbonyl (C=O) groups excluding carboxylic acids is 1. The van der Waals surface area contributed by atoms with Crippen LogP contribution in [0, 0.1) is 31.3 Å². The van der Waals surface area contributed by atoms with Crippen LogP contribution in [-0.4, -0.2) is 16.1 Å². The molecule has 0 fully saturated rings. The van der Waals surface area contributed by atoms with Gasteiger partial charge in [-0.15, -0.1) is 0 Å². The molecule has 0 saturated carbocycles. The number of halogens is 3. The Morgan fingerprint density at radius 3 is 2.57 bits per heavy atom. The van der Waals surface area contributed by atoms with Crippen LogP contribution < -0.4 is 5.32 Å². The lowest BCUT2D eigenvalue weighted by Gasteiger charge is -2.07. The molecule has 2 N–H and O–H groups in total. The van der Waals surface area contributed by atoms with E-state index < -0.39 is 23.4 Å². The van der Waals surface area contributed by atoms with Gasteiger partial charge in [-0.3, -0.25) is 9.89 Å². The fraction of sp³-hybridized carbons (Fsp3) is 0.286. The first-order chi connectivity index (χ1) is 9.90. The van der Waals surface area contributed by atoms with E-state index in [1.165, 1.54) is 0 Å². The molecule has 0 atom stereocenters. The highest BCUT2D eigenvalue weighted by Gasteiger charge is 2.15. The normalized spacial score (nSPS) is 10.7. The number of benzene rings is 1. The molecule has 0 spiro atoms. The lowest BCUT2D eigenvalue weighted by molar-refractivity contribution is -0.116. The second-order valence-corrected chi connectivity index (χ2v) is 4.68. The lowest BCUT2D eigenvalue weighted by atomic mass is 10.1. The summed E-state index contributed by atoms with van der Waals surface area (Å²) in [4.78, 5) is 11.8. The van der Waals surface area contributed by atoms with Gasteiger partial charge in [-0.1, -0.05) is 0 Å². The SMILES string of the molecule is Cc1n[nH]c(C)c1CCC(=O)Nc1ccc(F)c(F)c1F. The Hall–Kier alpha value is -2.31. The second kappa shape index (κ2) is 5.99. The van der Waals surface area contributed by atoms with Crippen molar-refractivity contribution in [1.82, 2.24) is 10.2 Å². The van der Waals surface area contributed by atoms with E-state index >= 15 is 0 Å². The number of aromatic amines is 1. The van der Waals surface area contributed by atoms with Crippen molar-refractivity contribution in [3.05, 3.63) is 46.5 Å². The number of aromatic nitrogens is 2. The predicted octanol–water partition coefficient (Wildman–Crippen LogP) is 3.02. The molecule has 4 nitrogen and oxygen atoms in total. The van der Waals surface area contributed by atoms with Crippen molar-refractivity contribution in [3.8, 4) is 0 Å². The average molecular weight is 297 g/mol. The zero-order valence-corrected chi connectivity index (χ0v) is 11.6. The molecule has 0 unspecified atom stereocenters. The summed E-state index contributed by atoms with van der Waals surface area (Å²) < 4.78 is 39.2. The van der Waals surface area contributed by atoms with E-state index in [9.17, 15) is 18.0 Å². The Kier molecular flexibility index (Phi) is 4.30. The van der Waals surface area contributed by atoms with Crippen LogP contribution in [0.25, 0.3) is 0 Å². The van der Waals surface area contributed by atoms with Gasteiger partial charge in [0, 0.05) is 12.1 Å². The van der Waals surface area contributed by atoms with E-state index in [-0.39, 0.29) is 12.1 Å². The summed E-state index contributed by atoms with van der Waals surface area (Å²) in [6.07, 6.45) is 0.505. The third kappa shape index (κ3) is 3.24. The van der Waals surface area contributed by atoms with Gasteiger partial charge in [-0.05, 0) is 38.0 Å². The Morgan fingerprint density at radius 1 is 1.24 bits per heavy atom. The molecule has 21 heavy (non-hydrogen) atoms. The maximum Gasteiger partial charge on any atom is 0.224 e. The molecule has 0 aliphatic rings. The quantitative estimate of drug-likeness (QED) is 0.852. The van der Waals surface area contributed by atoms with Gasteiger partial charge in [0.25, 0.3) is 0 Å². The van der Waals surface area contributed by atoms with E-state index in [0.717, 1.165) is 29.1 Å². The molecular weight excluding hydrogens is 283 g/mol. The molecule has 7 heteroatoms. The summed E-state index contributed by atoms with van der Waals surface area (Å²) in [6, 6.07) is 1.75. The van der Waals surface area contributed by atoms with Crippen LogP contribution in [0.3, 0.4) is 0 Å². The first kappa shape index (κ1) is 15.1. The van der Waals surface area contributed by atoms with Gasteiger partial charge in [0.05, 0.1) is 11.4 Å². The molecule has 2 aromatic rings. The lowest BCUT2D eigenvalue weighted by Crippen LogP contribution is -2.14. The number of hydrogen-bond acceptors (Lipinski definition) is 2. The zero-order chi connectivity index (χ0) is 15.6. The molecule has 0 bridgehead atoms. The summed E-state index contributed by atoms with van der Waals surface area (Å²) >= 11 is 0. The van der Waals surface area contributed by atoms with Crippen LogP contribution >= 0.6 is 0 Å². The van der Waals surface area contributed by atoms with Crippen molar-refractivity contribution in [3.63, 3.8) is 0 Å². The van der Waals surface area contributed by atoms with Gasteiger partial charge in [0.15, 0.2) is 17.5 Å². The first-order valence-electron chi connectivity index (χ1n) is 6.34. The van der Waals surface area contributed by atoms with Gasteiger partial charge in [-0.25, -0.2) is 13.2 Å². The minimum atomic E-state index is -1.60. The summed E-state index contributed by atoms with van der Waals surface area (Å²) in [7, 11) is 0. The predicted molar refractivity (Wildman–Crippen MR) is 71.3 cm³/mol. The van der Waals surface area contributed by atoms with E-state index in [0.29, 0.717) is 6.42 Å². The van der Waals surface area contributed by atoms with Crippen molar-refractivity contribution in [1.29, 1.82) is 0 Å². The Labute approximate surface area is 119 Å². The molecule has 1 heterocycles. The molecule has 0 aliphatic carbocycles. The molecule has 2 rings (SSSR count). The summed E-state index contributed by atoms with van der Waals surface area (Å²) in [6.45, 7) is 3.65. The van der Waals surface area contributed by atoms with Crippen molar-refractivity contribution < 1.29 is 18.0 Å². The zero-order valence-electron chi connectivity index (χ0n) is 11.6. The molecule has 1 amide bonds. The van der Waals surface area contributed by atoms with Crippen LogP contribution in [0.1, 0.15) is 23.4 Å². The van der Waals surface area contributed by atoms with Crippen LogP contribution in [0.15, 0.2) is 12.1 Å². The highest BCUT2D eigenvalue weighted by Crippen LogP contribution is 2.20. The van der Waals surface area contributed by atoms with E-state index in [2.05, 4.69) is 15.5 Å². The van der Waals surface area contributed by atoms with Gasteiger partial charge in [-0.2, -0.15) is 5.10 Å². The fourth-order valence-corrected chi connectivity index (χ4v) is 2.02. The maximum atomic E-state index is 13.4. The monoisotopic (exact) mass is 297 g/mol. The van der Waals surface area contributed by atoms with Crippen molar-refractivity contribution in [2.75, 3.05) is 5.32 Å². The van der Waals surface area contributed by atoms with E-state index in [1.54, 1.807) is 0 Å². The van der Waals surface area contributed by atoms with E-state index in [1.807, 2.05) is 13.8 Å². The summed E-state index contributed by atoms with van der Waals surface area (Å²) in [5.74, 6) is -4.79. The first-order valence-corrected chi connectivity index (χ1v) is 6.34. The number of carbonyl (C=O) groups is 1. The number of amides is 1. The minimum Gasteiger partial charge on any atom is -0.323 e. The topological polar surface area (TPSA) is 57.8 Å². The van der Waals surface area contributed by atoms with E-state index in [4.69, 9.17) is 0 Å². The molecule has 112 valence electrons. The van der Waals surface area contributed by atoms with Gasteiger partial charge >= 0.3 is 0 Å². The van der Waals surface area contributed by atoms with Crippen molar-refractivity contribution in [2.24, 2.45) is 0 Å². The fourth-order valence-electron chi connectivity index (χ4n) is 2.02. The molecule has 1 aromatic carbocycles. The number of aryl methyl sites for hydroxylation is 2. The number of hydrogen-bond donors (Lipinski definition) is 2. The molecule has 0 aliphatic heterocycles. The largest absolute Gasteiger partial charge is 0.323 e. The molecule has 0 saturated heterocycles. The van der Waals surface area contributed by atoms with Gasteiger partial charge < -0.3 is 5.32 Å². The van der Waals surface area contributed by atoms with Crippen LogP contribution in [0.5, 0.6) is 0 Å². The number of nitrogens with zero attached hydrogens (tertiary/aromatic N) is 1. The number of H-pyrrole nitrogens is 1. The highest BCUT2D eigenvalue weighted by molar-refractivity contribution is 5.91. The molecular formula is C14H14F3N3O. The smallest absolute Gasteiger partial charge is 0.224 e. The molecule has 0 radical (unpaired) electrons.